The van der Waals surface area contributed by atoms with Gasteiger partial charge >= 0.3 is 0 Å². The third kappa shape index (κ3) is 4.12. The topological polar surface area (TPSA) is 102 Å². The Hall–Kier alpha value is -3.07. The van der Waals surface area contributed by atoms with E-state index in [1.165, 1.54) is 30.7 Å². The van der Waals surface area contributed by atoms with E-state index in [9.17, 15) is 17.6 Å². The van der Waals surface area contributed by atoms with Crippen molar-refractivity contribution in [2.75, 3.05) is 0 Å². The maximum absolute atomic E-state index is 13.8. The summed E-state index contributed by atoms with van der Waals surface area (Å²) in [5, 5.41) is 3.66. The van der Waals surface area contributed by atoms with Gasteiger partial charge in [-0.15, -0.1) is 0 Å². The van der Waals surface area contributed by atoms with Crippen LogP contribution in [0.15, 0.2) is 53.4 Å². The number of sulfonamides is 1. The number of amides is 1. The Morgan fingerprint density at radius 1 is 1.19 bits per heavy atom. The quantitative estimate of drug-likeness (QED) is 0.735. The van der Waals surface area contributed by atoms with Crippen molar-refractivity contribution >= 4 is 15.9 Å². The van der Waals surface area contributed by atoms with E-state index in [0.717, 1.165) is 0 Å². The molecule has 1 amide bonds. The van der Waals surface area contributed by atoms with Gasteiger partial charge in [0.1, 0.15) is 5.82 Å². The van der Waals surface area contributed by atoms with Crippen LogP contribution in [-0.2, 0) is 15.8 Å². The van der Waals surface area contributed by atoms with E-state index in [1.807, 2.05) is 4.72 Å². The van der Waals surface area contributed by atoms with Gasteiger partial charge in [0.05, 0.1) is 5.75 Å². The van der Waals surface area contributed by atoms with Crippen LogP contribution in [0.5, 0.6) is 0 Å². The zero-order valence-electron chi connectivity index (χ0n) is 13.6. The molecule has 2 aromatic carbocycles. The number of halogens is 1. The van der Waals surface area contributed by atoms with Gasteiger partial charge in [-0.3, -0.25) is 4.79 Å². The van der Waals surface area contributed by atoms with Gasteiger partial charge in [0.15, 0.2) is 0 Å². The summed E-state index contributed by atoms with van der Waals surface area (Å²) < 4.78 is 44.7. The predicted molar refractivity (Wildman–Crippen MR) is 91.0 cm³/mol. The van der Waals surface area contributed by atoms with Gasteiger partial charge in [0.2, 0.25) is 22.2 Å². The Labute approximate surface area is 148 Å². The molecule has 0 saturated heterocycles. The molecule has 0 unspecified atom stereocenters. The molecule has 0 aliphatic heterocycles. The van der Waals surface area contributed by atoms with E-state index < -0.39 is 27.5 Å². The second-order valence-electron chi connectivity index (χ2n) is 5.62. The van der Waals surface area contributed by atoms with Crippen LogP contribution in [0.1, 0.15) is 21.5 Å². The van der Waals surface area contributed by atoms with Gasteiger partial charge < -0.3 is 4.52 Å². The summed E-state index contributed by atoms with van der Waals surface area (Å²) in [4.78, 5) is 16.0. The van der Waals surface area contributed by atoms with Gasteiger partial charge in [-0.1, -0.05) is 29.4 Å². The summed E-state index contributed by atoms with van der Waals surface area (Å²) in [7, 11) is -4.05. The zero-order valence-corrected chi connectivity index (χ0v) is 14.5. The van der Waals surface area contributed by atoms with Crippen LogP contribution in [0.25, 0.3) is 11.4 Å². The van der Waals surface area contributed by atoms with E-state index in [-0.39, 0.29) is 11.1 Å². The summed E-state index contributed by atoms with van der Waals surface area (Å²) in [5.41, 5.74) is 1.41. The first kappa shape index (κ1) is 17.7. The molecule has 26 heavy (non-hydrogen) atoms. The second kappa shape index (κ2) is 7.04. The van der Waals surface area contributed by atoms with Crippen LogP contribution in [0.2, 0.25) is 0 Å². The first-order valence-electron chi connectivity index (χ1n) is 7.51. The minimum absolute atomic E-state index is 0.0108. The number of aromatic nitrogens is 2. The number of hydrogen-bond donors (Lipinski definition) is 1. The standard InChI is InChI=1S/C17H14FN3O4S/c1-11-2-3-14(15(18)8-11)9-26(23,24)21-17(22)13-6-4-12(5-7-13)16-19-10-25-20-16/h2-8,10H,9H2,1H3,(H,21,22). The molecule has 0 fully saturated rings. The van der Waals surface area contributed by atoms with E-state index >= 15 is 0 Å². The van der Waals surface area contributed by atoms with Crippen molar-refractivity contribution < 1.29 is 22.1 Å². The van der Waals surface area contributed by atoms with Gasteiger partial charge in [-0.25, -0.2) is 17.5 Å². The van der Waals surface area contributed by atoms with E-state index in [0.29, 0.717) is 17.0 Å². The Morgan fingerprint density at radius 3 is 2.54 bits per heavy atom. The molecule has 3 aromatic rings. The molecule has 0 saturated carbocycles. The van der Waals surface area contributed by atoms with Crippen molar-refractivity contribution in [3.63, 3.8) is 0 Å². The normalized spacial score (nSPS) is 11.3. The Morgan fingerprint density at radius 2 is 1.92 bits per heavy atom. The highest BCUT2D eigenvalue weighted by atomic mass is 32.2. The van der Waals surface area contributed by atoms with Crippen molar-refractivity contribution in [1.82, 2.24) is 14.9 Å². The Balaban J connectivity index is 1.72. The fourth-order valence-electron chi connectivity index (χ4n) is 2.28. The molecule has 0 aliphatic rings. The molecular weight excluding hydrogens is 361 g/mol. The molecule has 0 bridgehead atoms. The maximum atomic E-state index is 13.8. The van der Waals surface area contributed by atoms with E-state index in [1.54, 1.807) is 25.1 Å². The lowest BCUT2D eigenvalue weighted by Crippen LogP contribution is -2.31. The number of nitrogens with one attached hydrogen (secondary N) is 1. The Bertz CT molecular complexity index is 1030. The zero-order chi connectivity index (χ0) is 18.7. The van der Waals surface area contributed by atoms with Crippen molar-refractivity contribution in [1.29, 1.82) is 0 Å². The molecule has 1 N–H and O–H groups in total. The fourth-order valence-corrected chi connectivity index (χ4v) is 3.39. The van der Waals surface area contributed by atoms with Crippen LogP contribution in [0, 0.1) is 12.7 Å². The molecule has 134 valence electrons. The minimum Gasteiger partial charge on any atom is -0.342 e. The SMILES string of the molecule is Cc1ccc(CS(=O)(=O)NC(=O)c2ccc(-c3ncon3)cc2)c(F)c1. The number of rotatable bonds is 5. The highest BCUT2D eigenvalue weighted by Crippen LogP contribution is 2.16. The van der Waals surface area contributed by atoms with Gasteiger partial charge in [0, 0.05) is 16.7 Å². The van der Waals surface area contributed by atoms with Gasteiger partial charge in [0.25, 0.3) is 5.91 Å². The lowest BCUT2D eigenvalue weighted by molar-refractivity contribution is 0.0981. The summed E-state index contributed by atoms with van der Waals surface area (Å²) in [6.45, 7) is 1.70. The number of carbonyl (C=O) groups excluding carboxylic acids is 1. The van der Waals surface area contributed by atoms with Crippen molar-refractivity contribution in [2.45, 2.75) is 12.7 Å². The number of carbonyl (C=O) groups is 1. The maximum Gasteiger partial charge on any atom is 0.264 e. The van der Waals surface area contributed by atoms with E-state index in [4.69, 9.17) is 0 Å². The summed E-state index contributed by atoms with van der Waals surface area (Å²) in [6.07, 6.45) is 1.17. The van der Waals surface area contributed by atoms with Crippen molar-refractivity contribution in [2.24, 2.45) is 0 Å². The van der Waals surface area contributed by atoms with Crippen molar-refractivity contribution in [3.05, 3.63) is 71.4 Å². The smallest absolute Gasteiger partial charge is 0.264 e. The average molecular weight is 375 g/mol. The highest BCUT2D eigenvalue weighted by molar-refractivity contribution is 7.89. The van der Waals surface area contributed by atoms with Crippen molar-refractivity contribution in [3.8, 4) is 11.4 Å². The molecule has 7 nitrogen and oxygen atoms in total. The molecule has 0 aliphatic carbocycles. The lowest BCUT2D eigenvalue weighted by atomic mass is 10.1. The fraction of sp³-hybridized carbons (Fsp3) is 0.118. The second-order valence-corrected chi connectivity index (χ2v) is 7.34. The number of nitrogens with zero attached hydrogens (tertiary/aromatic N) is 2. The molecule has 9 heteroatoms. The molecule has 0 radical (unpaired) electrons. The number of benzene rings is 2. The summed E-state index contributed by atoms with van der Waals surface area (Å²) in [5.74, 6) is -1.73. The molecule has 0 atom stereocenters. The molecule has 0 spiro atoms. The van der Waals surface area contributed by atoms with Crippen LogP contribution < -0.4 is 4.72 Å². The minimum atomic E-state index is -4.05. The van der Waals surface area contributed by atoms with Gasteiger partial charge in [-0.05, 0) is 30.7 Å². The third-order valence-electron chi connectivity index (χ3n) is 3.57. The van der Waals surface area contributed by atoms with Gasteiger partial charge in [-0.2, -0.15) is 4.98 Å². The summed E-state index contributed by atoms with van der Waals surface area (Å²) >= 11 is 0. The first-order chi connectivity index (χ1) is 12.3. The van der Waals surface area contributed by atoms with Crippen LogP contribution >= 0.6 is 0 Å². The Kier molecular flexibility index (Phi) is 4.81. The van der Waals surface area contributed by atoms with Crippen LogP contribution in [0.3, 0.4) is 0 Å². The van der Waals surface area contributed by atoms with Crippen LogP contribution in [-0.4, -0.2) is 24.5 Å². The predicted octanol–water partition coefficient (Wildman–Crippen LogP) is 2.44. The summed E-state index contributed by atoms with van der Waals surface area (Å²) in [6, 6.07) is 10.2. The average Bonchev–Trinajstić information content (AvgIpc) is 3.12. The number of aryl methyl sites for hydroxylation is 1. The lowest BCUT2D eigenvalue weighted by Gasteiger charge is -2.08. The first-order valence-corrected chi connectivity index (χ1v) is 9.16. The monoisotopic (exact) mass is 375 g/mol. The number of hydrogen-bond acceptors (Lipinski definition) is 6. The van der Waals surface area contributed by atoms with Crippen LogP contribution in [0.4, 0.5) is 4.39 Å². The molecule has 3 rings (SSSR count). The molecule has 1 aromatic heterocycles. The molecule has 1 heterocycles. The van der Waals surface area contributed by atoms with E-state index in [2.05, 4.69) is 14.7 Å². The highest BCUT2D eigenvalue weighted by Gasteiger charge is 2.19. The molecular formula is C17H14FN3O4S. The third-order valence-corrected chi connectivity index (χ3v) is 4.76. The largest absolute Gasteiger partial charge is 0.342 e.